The first-order valence-electron chi connectivity index (χ1n) is 6.23. The molecule has 110 valence electrons. The van der Waals surface area contributed by atoms with Crippen LogP contribution in [-0.4, -0.2) is 17.4 Å². The Hall–Kier alpha value is -2.15. The van der Waals surface area contributed by atoms with Gasteiger partial charge < -0.3 is 4.74 Å². The van der Waals surface area contributed by atoms with Gasteiger partial charge in [-0.1, -0.05) is 13.0 Å². The summed E-state index contributed by atoms with van der Waals surface area (Å²) in [7, 11) is 0. The molecule has 0 aliphatic heterocycles. The van der Waals surface area contributed by atoms with Crippen LogP contribution < -0.4 is 16.0 Å². The van der Waals surface area contributed by atoms with Crippen molar-refractivity contribution < 1.29 is 14.5 Å². The maximum Gasteiger partial charge on any atom is 0.311 e. The first-order chi connectivity index (χ1) is 9.31. The Bertz CT molecular complexity index is 514. The van der Waals surface area contributed by atoms with Gasteiger partial charge in [-0.15, -0.1) is 0 Å². The zero-order valence-electron chi connectivity index (χ0n) is 11.8. The molecule has 0 saturated heterocycles. The molecule has 1 rings (SSSR count). The van der Waals surface area contributed by atoms with Crippen molar-refractivity contribution in [2.45, 2.75) is 27.2 Å². The number of hydrogen-bond donors (Lipinski definition) is 2. The molecular weight excluding hydrogens is 262 g/mol. The Morgan fingerprint density at radius 2 is 2.15 bits per heavy atom. The summed E-state index contributed by atoms with van der Waals surface area (Å²) in [6.45, 7) is 5.18. The Labute approximate surface area is 117 Å². The van der Waals surface area contributed by atoms with E-state index in [-0.39, 0.29) is 18.0 Å². The third kappa shape index (κ3) is 3.67. The molecule has 0 aromatic heterocycles. The number of nitrogens with one attached hydrogen (secondary N) is 1. The Balaban J connectivity index is 2.93. The van der Waals surface area contributed by atoms with Crippen LogP contribution >= 0.6 is 0 Å². The topological polar surface area (TPSA) is 107 Å². The summed E-state index contributed by atoms with van der Waals surface area (Å²) in [6.07, 6.45) is 0.697. The van der Waals surface area contributed by atoms with Crippen LogP contribution in [0.15, 0.2) is 18.2 Å². The lowest BCUT2D eigenvalue weighted by atomic mass is 9.94. The van der Waals surface area contributed by atoms with Crippen LogP contribution in [0.4, 0.5) is 5.69 Å². The van der Waals surface area contributed by atoms with Gasteiger partial charge in [-0.2, -0.15) is 0 Å². The second kappa shape index (κ2) is 6.33. The predicted molar refractivity (Wildman–Crippen MR) is 74.1 cm³/mol. The van der Waals surface area contributed by atoms with Crippen LogP contribution in [-0.2, 0) is 11.2 Å². The summed E-state index contributed by atoms with van der Waals surface area (Å²) in [6, 6.07) is 4.79. The van der Waals surface area contributed by atoms with Crippen LogP contribution in [0.5, 0.6) is 5.75 Å². The number of carbonyl (C=O) groups is 1. The molecule has 0 saturated carbocycles. The van der Waals surface area contributed by atoms with Gasteiger partial charge in [0, 0.05) is 6.07 Å². The molecule has 0 spiro atoms. The fraction of sp³-hybridized carbons (Fsp3) is 0.462. The second-order valence-electron chi connectivity index (χ2n) is 5.06. The van der Waals surface area contributed by atoms with Gasteiger partial charge in [-0.25, -0.2) is 5.84 Å². The smallest absolute Gasteiger partial charge is 0.311 e. The molecule has 0 radical (unpaired) electrons. The van der Waals surface area contributed by atoms with Crippen molar-refractivity contribution in [3.63, 3.8) is 0 Å². The number of aryl methyl sites for hydroxylation is 1. The van der Waals surface area contributed by atoms with Gasteiger partial charge in [-0.05, 0) is 31.9 Å². The van der Waals surface area contributed by atoms with Crippen molar-refractivity contribution >= 4 is 11.6 Å². The number of hydrogen-bond acceptors (Lipinski definition) is 5. The molecule has 0 aliphatic rings. The molecule has 1 aromatic carbocycles. The maximum atomic E-state index is 11.5. The Morgan fingerprint density at radius 3 is 2.65 bits per heavy atom. The van der Waals surface area contributed by atoms with E-state index in [9.17, 15) is 14.9 Å². The highest BCUT2D eigenvalue weighted by Crippen LogP contribution is 2.29. The molecule has 20 heavy (non-hydrogen) atoms. The third-order valence-corrected chi connectivity index (χ3v) is 2.96. The quantitative estimate of drug-likeness (QED) is 0.356. The lowest BCUT2D eigenvalue weighted by molar-refractivity contribution is -0.386. The summed E-state index contributed by atoms with van der Waals surface area (Å²) < 4.78 is 5.43. The van der Waals surface area contributed by atoms with Crippen molar-refractivity contribution in [2.75, 3.05) is 6.61 Å². The molecule has 1 amide bonds. The van der Waals surface area contributed by atoms with E-state index >= 15 is 0 Å². The van der Waals surface area contributed by atoms with E-state index in [0.29, 0.717) is 6.42 Å². The highest BCUT2D eigenvalue weighted by molar-refractivity contribution is 5.81. The van der Waals surface area contributed by atoms with E-state index in [1.54, 1.807) is 26.0 Å². The molecule has 1 aromatic rings. The normalized spacial score (nSPS) is 11.0. The minimum Gasteiger partial charge on any atom is -0.486 e. The largest absolute Gasteiger partial charge is 0.486 e. The number of amides is 1. The zero-order chi connectivity index (χ0) is 15.3. The summed E-state index contributed by atoms with van der Waals surface area (Å²) in [4.78, 5) is 22.1. The first-order valence-corrected chi connectivity index (χ1v) is 6.23. The van der Waals surface area contributed by atoms with Crippen molar-refractivity contribution in [3.8, 4) is 5.75 Å². The molecule has 7 nitrogen and oxygen atoms in total. The summed E-state index contributed by atoms with van der Waals surface area (Å²) in [5, 5.41) is 11.0. The van der Waals surface area contributed by atoms with Crippen LogP contribution in [0.3, 0.4) is 0 Å². The second-order valence-corrected chi connectivity index (χ2v) is 5.06. The molecule has 7 heteroatoms. The van der Waals surface area contributed by atoms with E-state index in [2.05, 4.69) is 0 Å². The standard InChI is InChI=1S/C13H19N3O4/c1-4-9-5-6-11(10(7-9)16(18)19)20-8-13(2,3)12(17)15-14/h5-7H,4,8,14H2,1-3H3,(H,15,17). The van der Waals surface area contributed by atoms with Crippen LogP contribution in [0, 0.1) is 15.5 Å². The number of benzene rings is 1. The number of rotatable bonds is 6. The monoisotopic (exact) mass is 281 g/mol. The SMILES string of the molecule is CCc1ccc(OCC(C)(C)C(=O)NN)c([N+](=O)[O-])c1. The lowest BCUT2D eigenvalue weighted by Gasteiger charge is -2.22. The van der Waals surface area contributed by atoms with Gasteiger partial charge in [0.25, 0.3) is 0 Å². The number of hydrazine groups is 1. The van der Waals surface area contributed by atoms with E-state index in [0.717, 1.165) is 5.56 Å². The zero-order valence-corrected chi connectivity index (χ0v) is 11.8. The lowest BCUT2D eigenvalue weighted by Crippen LogP contribution is -2.44. The molecule has 0 bridgehead atoms. The average Bonchev–Trinajstić information content (AvgIpc) is 2.43. The van der Waals surface area contributed by atoms with E-state index < -0.39 is 16.2 Å². The van der Waals surface area contributed by atoms with Gasteiger partial charge in [0.1, 0.15) is 6.61 Å². The molecule has 0 heterocycles. The van der Waals surface area contributed by atoms with Crippen molar-refractivity contribution in [1.82, 2.24) is 5.43 Å². The summed E-state index contributed by atoms with van der Waals surface area (Å²) >= 11 is 0. The van der Waals surface area contributed by atoms with Gasteiger partial charge in [0.2, 0.25) is 5.91 Å². The number of nitrogens with zero attached hydrogens (tertiary/aromatic N) is 1. The Kier molecular flexibility index (Phi) is 5.04. The van der Waals surface area contributed by atoms with Crippen molar-refractivity contribution in [3.05, 3.63) is 33.9 Å². The minimum absolute atomic E-state index is 0.0116. The number of carbonyl (C=O) groups excluding carboxylic acids is 1. The molecule has 0 atom stereocenters. The third-order valence-electron chi connectivity index (χ3n) is 2.96. The highest BCUT2D eigenvalue weighted by atomic mass is 16.6. The van der Waals surface area contributed by atoms with Gasteiger partial charge in [0.05, 0.1) is 10.3 Å². The first kappa shape index (κ1) is 15.9. The van der Waals surface area contributed by atoms with Gasteiger partial charge >= 0.3 is 5.69 Å². The fourth-order valence-corrected chi connectivity index (χ4v) is 1.57. The minimum atomic E-state index is -0.883. The number of ether oxygens (including phenoxy) is 1. The molecular formula is C13H19N3O4. The molecule has 0 unspecified atom stereocenters. The van der Waals surface area contributed by atoms with E-state index in [4.69, 9.17) is 10.6 Å². The van der Waals surface area contributed by atoms with Crippen molar-refractivity contribution in [2.24, 2.45) is 11.3 Å². The van der Waals surface area contributed by atoms with E-state index in [1.807, 2.05) is 12.3 Å². The number of nitrogens with two attached hydrogens (primary N) is 1. The molecule has 0 aliphatic carbocycles. The van der Waals surface area contributed by atoms with Crippen molar-refractivity contribution in [1.29, 1.82) is 0 Å². The fourth-order valence-electron chi connectivity index (χ4n) is 1.57. The summed E-state index contributed by atoms with van der Waals surface area (Å²) in [5.41, 5.74) is 1.91. The maximum absolute atomic E-state index is 11.5. The van der Waals surface area contributed by atoms with Crippen LogP contribution in [0.25, 0.3) is 0 Å². The van der Waals surface area contributed by atoms with E-state index in [1.165, 1.54) is 6.07 Å². The highest BCUT2D eigenvalue weighted by Gasteiger charge is 2.29. The number of nitro benzene ring substituents is 1. The predicted octanol–water partition coefficient (Wildman–Crippen LogP) is 1.55. The van der Waals surface area contributed by atoms with Crippen LogP contribution in [0.2, 0.25) is 0 Å². The molecule has 3 N–H and O–H groups in total. The van der Waals surface area contributed by atoms with Gasteiger partial charge in [0.15, 0.2) is 5.75 Å². The summed E-state index contributed by atoms with van der Waals surface area (Å²) in [5.74, 6) is 4.83. The molecule has 0 fully saturated rings. The van der Waals surface area contributed by atoms with Gasteiger partial charge in [-0.3, -0.25) is 20.3 Å². The average molecular weight is 281 g/mol. The van der Waals surface area contributed by atoms with Crippen LogP contribution in [0.1, 0.15) is 26.3 Å². The number of nitro groups is 1. The Morgan fingerprint density at radius 1 is 1.50 bits per heavy atom.